The number of carbonyl (C=O) groups excluding carboxylic acids is 1. The molecule has 1 N–H and O–H groups in total. The van der Waals surface area contributed by atoms with E-state index in [1.54, 1.807) is 18.3 Å². The minimum Gasteiger partial charge on any atom is -0.442 e. The highest BCUT2D eigenvalue weighted by Crippen LogP contribution is 2.28. The number of halogens is 1. The van der Waals surface area contributed by atoms with Gasteiger partial charge in [0.05, 0.1) is 4.88 Å². The van der Waals surface area contributed by atoms with Crippen molar-refractivity contribution < 1.29 is 13.6 Å². The van der Waals surface area contributed by atoms with Crippen LogP contribution in [0.4, 0.5) is 9.52 Å². The minimum absolute atomic E-state index is 0.225. The number of benzene rings is 1. The van der Waals surface area contributed by atoms with E-state index in [2.05, 4.69) is 15.3 Å². The maximum absolute atomic E-state index is 13.0. The van der Waals surface area contributed by atoms with Crippen molar-refractivity contribution in [3.8, 4) is 10.6 Å². The molecule has 3 heterocycles. The van der Waals surface area contributed by atoms with Crippen LogP contribution in [-0.4, -0.2) is 15.9 Å². The molecule has 130 valence electrons. The lowest BCUT2D eigenvalue weighted by molar-refractivity contribution is 0.102. The van der Waals surface area contributed by atoms with Crippen LogP contribution >= 0.6 is 22.7 Å². The zero-order chi connectivity index (χ0) is 17.9. The molecule has 0 atom stereocenters. The Morgan fingerprint density at radius 1 is 1.19 bits per heavy atom. The Labute approximate surface area is 156 Å². The molecule has 3 aromatic heterocycles. The first-order valence-electron chi connectivity index (χ1n) is 7.67. The van der Waals surface area contributed by atoms with Crippen LogP contribution in [0.1, 0.15) is 20.9 Å². The van der Waals surface area contributed by atoms with E-state index in [0.717, 1.165) is 15.3 Å². The molecule has 26 heavy (non-hydrogen) atoms. The van der Waals surface area contributed by atoms with Gasteiger partial charge in [0, 0.05) is 17.5 Å². The highest BCUT2D eigenvalue weighted by atomic mass is 32.1. The van der Waals surface area contributed by atoms with Gasteiger partial charge in [-0.1, -0.05) is 18.2 Å². The molecular formula is C18H12FN3O2S2. The normalized spacial score (nSPS) is 10.8. The second kappa shape index (κ2) is 7.19. The van der Waals surface area contributed by atoms with Crippen molar-refractivity contribution in [3.05, 3.63) is 76.3 Å². The second-order valence-corrected chi connectivity index (χ2v) is 7.46. The van der Waals surface area contributed by atoms with E-state index >= 15 is 0 Å². The largest absolute Gasteiger partial charge is 0.442 e. The molecule has 0 bridgehead atoms. The Hall–Kier alpha value is -2.84. The molecule has 1 amide bonds. The van der Waals surface area contributed by atoms with Crippen LogP contribution in [-0.2, 0) is 6.42 Å². The van der Waals surface area contributed by atoms with Crippen LogP contribution in [0.15, 0.2) is 58.8 Å². The summed E-state index contributed by atoms with van der Waals surface area (Å²) >= 11 is 2.84. The number of rotatable bonds is 5. The number of thiophene rings is 1. The number of anilines is 1. The number of nitrogens with one attached hydrogen (secondary N) is 1. The molecule has 4 aromatic rings. The molecule has 0 fully saturated rings. The molecule has 0 aliphatic carbocycles. The number of hydrogen-bond donors (Lipinski definition) is 1. The Morgan fingerprint density at radius 3 is 2.81 bits per heavy atom. The number of amides is 1. The molecule has 0 unspecified atom stereocenters. The first-order chi connectivity index (χ1) is 12.7. The quantitative estimate of drug-likeness (QED) is 0.534. The van der Waals surface area contributed by atoms with Crippen LogP contribution < -0.4 is 5.32 Å². The fraction of sp³-hybridized carbons (Fsp3) is 0.0556. The van der Waals surface area contributed by atoms with Crippen LogP contribution in [0.5, 0.6) is 0 Å². The van der Waals surface area contributed by atoms with E-state index < -0.39 is 0 Å². The smallest absolute Gasteiger partial charge is 0.280 e. The van der Waals surface area contributed by atoms with Gasteiger partial charge in [0.25, 0.3) is 5.91 Å². The number of thiazole rings is 1. The van der Waals surface area contributed by atoms with Crippen LogP contribution in [0.2, 0.25) is 0 Å². The van der Waals surface area contributed by atoms with Gasteiger partial charge in [-0.2, -0.15) is 0 Å². The molecular weight excluding hydrogens is 373 g/mol. The zero-order valence-corrected chi connectivity index (χ0v) is 14.9. The molecule has 0 saturated heterocycles. The minimum atomic E-state index is -0.371. The van der Waals surface area contributed by atoms with Gasteiger partial charge in [0.15, 0.2) is 23.0 Å². The molecule has 0 saturated carbocycles. The summed E-state index contributed by atoms with van der Waals surface area (Å²) in [5.74, 6) is -0.189. The van der Waals surface area contributed by atoms with Gasteiger partial charge in [-0.25, -0.2) is 14.4 Å². The van der Waals surface area contributed by atoms with Gasteiger partial charge in [0.1, 0.15) is 5.82 Å². The molecule has 4 rings (SSSR count). The number of hydrogen-bond acceptors (Lipinski definition) is 6. The zero-order valence-electron chi connectivity index (χ0n) is 13.3. The van der Waals surface area contributed by atoms with Crippen LogP contribution in [0.3, 0.4) is 0 Å². The third-order valence-corrected chi connectivity index (χ3v) is 5.37. The molecule has 0 aliphatic rings. The number of aromatic nitrogens is 2. The van der Waals surface area contributed by atoms with Crippen molar-refractivity contribution in [1.82, 2.24) is 9.97 Å². The SMILES string of the molecule is O=C(Nc1ncc(Cc2ccc(F)cc2)s1)c1ncoc1-c1cccs1. The second-order valence-electron chi connectivity index (χ2n) is 5.40. The summed E-state index contributed by atoms with van der Waals surface area (Å²) < 4.78 is 18.3. The highest BCUT2D eigenvalue weighted by molar-refractivity contribution is 7.15. The standard InChI is InChI=1S/C18H12FN3O2S2/c19-12-5-3-11(4-6-12)8-13-9-20-18(26-13)22-17(23)15-16(24-10-21-15)14-2-1-7-25-14/h1-7,9-10H,8H2,(H,20,22,23). The van der Waals surface area contributed by atoms with E-state index in [9.17, 15) is 9.18 Å². The summed E-state index contributed by atoms with van der Waals surface area (Å²) in [5.41, 5.74) is 1.20. The van der Waals surface area contributed by atoms with Crippen molar-refractivity contribution in [1.29, 1.82) is 0 Å². The topological polar surface area (TPSA) is 68.0 Å². The van der Waals surface area contributed by atoms with Crippen LogP contribution in [0, 0.1) is 5.82 Å². The molecule has 5 nitrogen and oxygen atoms in total. The maximum Gasteiger partial charge on any atom is 0.280 e. The Morgan fingerprint density at radius 2 is 2.04 bits per heavy atom. The fourth-order valence-corrected chi connectivity index (χ4v) is 3.95. The van der Waals surface area contributed by atoms with E-state index in [-0.39, 0.29) is 17.4 Å². The van der Waals surface area contributed by atoms with Gasteiger partial charge < -0.3 is 4.42 Å². The number of oxazole rings is 1. The molecule has 8 heteroatoms. The van der Waals surface area contributed by atoms with Crippen molar-refractivity contribution in [3.63, 3.8) is 0 Å². The maximum atomic E-state index is 13.0. The fourth-order valence-electron chi connectivity index (χ4n) is 2.40. The van der Waals surface area contributed by atoms with E-state index in [1.165, 1.54) is 41.2 Å². The lowest BCUT2D eigenvalue weighted by Crippen LogP contribution is -2.12. The molecule has 0 spiro atoms. The van der Waals surface area contributed by atoms with E-state index in [4.69, 9.17) is 4.42 Å². The van der Waals surface area contributed by atoms with Gasteiger partial charge in [-0.05, 0) is 29.1 Å². The third-order valence-electron chi connectivity index (χ3n) is 3.59. The summed E-state index contributed by atoms with van der Waals surface area (Å²) in [6, 6.07) is 10.1. The Kier molecular flexibility index (Phi) is 4.59. The van der Waals surface area contributed by atoms with Gasteiger partial charge in [0.2, 0.25) is 0 Å². The molecule has 0 aliphatic heterocycles. The average molecular weight is 385 g/mol. The number of carbonyl (C=O) groups is 1. The van der Waals surface area contributed by atoms with E-state index in [1.807, 2.05) is 17.5 Å². The lowest BCUT2D eigenvalue weighted by Gasteiger charge is -2.00. The monoisotopic (exact) mass is 385 g/mol. The van der Waals surface area contributed by atoms with Crippen molar-refractivity contribution in [2.24, 2.45) is 0 Å². The highest BCUT2D eigenvalue weighted by Gasteiger charge is 2.20. The molecule has 0 radical (unpaired) electrons. The van der Waals surface area contributed by atoms with Gasteiger partial charge >= 0.3 is 0 Å². The van der Waals surface area contributed by atoms with Crippen molar-refractivity contribution >= 4 is 33.7 Å². The van der Waals surface area contributed by atoms with E-state index in [0.29, 0.717) is 17.3 Å². The number of nitrogens with zero attached hydrogens (tertiary/aromatic N) is 2. The Bertz CT molecular complexity index is 1020. The predicted molar refractivity (Wildman–Crippen MR) is 99.1 cm³/mol. The van der Waals surface area contributed by atoms with Crippen molar-refractivity contribution in [2.45, 2.75) is 6.42 Å². The van der Waals surface area contributed by atoms with Gasteiger partial charge in [-0.3, -0.25) is 10.1 Å². The summed E-state index contributed by atoms with van der Waals surface area (Å²) in [6.07, 6.45) is 3.58. The summed E-state index contributed by atoms with van der Waals surface area (Å²) in [6.45, 7) is 0. The Balaban J connectivity index is 1.47. The van der Waals surface area contributed by atoms with Crippen LogP contribution in [0.25, 0.3) is 10.6 Å². The summed E-state index contributed by atoms with van der Waals surface area (Å²) in [4.78, 5) is 22.5. The molecule has 1 aromatic carbocycles. The first kappa shape index (κ1) is 16.6. The van der Waals surface area contributed by atoms with Crippen molar-refractivity contribution in [2.75, 3.05) is 5.32 Å². The lowest BCUT2D eigenvalue weighted by atomic mass is 10.1. The summed E-state index contributed by atoms with van der Waals surface area (Å²) in [7, 11) is 0. The average Bonchev–Trinajstić information content (AvgIpc) is 3.37. The van der Waals surface area contributed by atoms with Gasteiger partial charge in [-0.15, -0.1) is 22.7 Å². The third kappa shape index (κ3) is 3.56. The summed E-state index contributed by atoms with van der Waals surface area (Å²) in [5, 5.41) is 5.14. The first-order valence-corrected chi connectivity index (χ1v) is 9.36. The predicted octanol–water partition coefficient (Wildman–Crippen LogP) is 4.84.